The normalized spacial score (nSPS) is 20.9. The largest absolute Gasteiger partial charge is 0.486 e. The van der Waals surface area contributed by atoms with Gasteiger partial charge in [0.25, 0.3) is 0 Å². The molecule has 2 heterocycles. The van der Waals surface area contributed by atoms with Crippen LogP contribution in [0.5, 0.6) is 23.0 Å². The lowest BCUT2D eigenvalue weighted by Crippen LogP contribution is -2.36. The minimum Gasteiger partial charge on any atom is -0.486 e. The van der Waals surface area contributed by atoms with E-state index in [1.165, 1.54) is 7.11 Å². The van der Waals surface area contributed by atoms with Crippen molar-refractivity contribution in [2.45, 2.75) is 12.2 Å². The van der Waals surface area contributed by atoms with E-state index in [2.05, 4.69) is 0 Å². The van der Waals surface area contributed by atoms with Crippen molar-refractivity contribution in [1.29, 1.82) is 0 Å². The van der Waals surface area contributed by atoms with Crippen molar-refractivity contribution in [3.63, 3.8) is 0 Å². The van der Waals surface area contributed by atoms with Crippen molar-refractivity contribution >= 4 is 5.78 Å². The molecule has 0 amide bonds. The molecule has 0 spiro atoms. The van der Waals surface area contributed by atoms with Crippen molar-refractivity contribution < 1.29 is 33.6 Å². The molecule has 136 valence electrons. The van der Waals surface area contributed by atoms with Crippen LogP contribution < -0.4 is 18.9 Å². The molecule has 7 nitrogen and oxygen atoms in total. The zero-order chi connectivity index (χ0) is 18.1. The topological polar surface area (TPSA) is 83.5 Å². The van der Waals surface area contributed by atoms with Gasteiger partial charge < -0.3 is 28.8 Å². The van der Waals surface area contributed by atoms with Crippen LogP contribution in [0.4, 0.5) is 0 Å². The Labute approximate surface area is 150 Å². The van der Waals surface area contributed by atoms with Gasteiger partial charge in [-0.3, -0.25) is 4.79 Å². The van der Waals surface area contributed by atoms with E-state index in [-0.39, 0.29) is 6.79 Å². The van der Waals surface area contributed by atoms with Crippen LogP contribution in [0.3, 0.4) is 0 Å². The number of ketones is 1. The van der Waals surface area contributed by atoms with E-state index in [0.717, 1.165) is 0 Å². The number of Topliss-reactive ketones (excluding diaryl/α,β-unsaturated/α-hetero) is 1. The van der Waals surface area contributed by atoms with Gasteiger partial charge >= 0.3 is 0 Å². The Hall–Kier alpha value is -2.77. The van der Waals surface area contributed by atoms with Gasteiger partial charge in [0.15, 0.2) is 36.3 Å². The Morgan fingerprint density at radius 3 is 2.69 bits per heavy atom. The molecule has 26 heavy (non-hydrogen) atoms. The number of carbonyl (C=O) groups is 1. The number of benzene rings is 2. The molecule has 2 aliphatic heterocycles. The minimum absolute atomic E-state index is 0.0843. The first kappa shape index (κ1) is 16.7. The van der Waals surface area contributed by atoms with Gasteiger partial charge in [-0.1, -0.05) is 6.07 Å². The number of carbonyl (C=O) groups excluding carboxylic acids is 1. The maximum Gasteiger partial charge on any atom is 0.199 e. The number of hydrogen-bond donors (Lipinski definition) is 1. The van der Waals surface area contributed by atoms with Gasteiger partial charge in [-0.15, -0.1) is 0 Å². The summed E-state index contributed by atoms with van der Waals surface area (Å²) in [6, 6.07) is 10.1. The molecule has 2 aliphatic rings. The number of rotatable bonds is 4. The van der Waals surface area contributed by atoms with Gasteiger partial charge in [0.1, 0.15) is 24.7 Å². The van der Waals surface area contributed by atoms with Crippen molar-refractivity contribution in [2.24, 2.45) is 0 Å². The Morgan fingerprint density at radius 2 is 1.88 bits per heavy atom. The van der Waals surface area contributed by atoms with E-state index in [9.17, 15) is 9.90 Å². The lowest BCUT2D eigenvalue weighted by atomic mass is 9.93. The zero-order valence-electron chi connectivity index (χ0n) is 14.1. The van der Waals surface area contributed by atoms with E-state index in [1.54, 1.807) is 36.4 Å². The Kier molecular flexibility index (Phi) is 4.40. The first-order valence-corrected chi connectivity index (χ1v) is 8.21. The lowest BCUT2D eigenvalue weighted by molar-refractivity contribution is 0.0208. The van der Waals surface area contributed by atoms with E-state index >= 15 is 0 Å². The maximum atomic E-state index is 12.6. The summed E-state index contributed by atoms with van der Waals surface area (Å²) in [6.07, 6.45) is -2.15. The van der Waals surface area contributed by atoms with Crippen LogP contribution in [-0.4, -0.2) is 44.1 Å². The highest BCUT2D eigenvalue weighted by atomic mass is 16.7. The molecule has 1 N–H and O–H groups in total. The van der Waals surface area contributed by atoms with Gasteiger partial charge in [-0.05, 0) is 29.8 Å². The average Bonchev–Trinajstić information content (AvgIpc) is 2.68. The highest BCUT2D eigenvalue weighted by Gasteiger charge is 2.37. The van der Waals surface area contributed by atoms with Crippen LogP contribution >= 0.6 is 0 Å². The fraction of sp³-hybridized carbons (Fsp3) is 0.316. The van der Waals surface area contributed by atoms with Crippen molar-refractivity contribution in [3.05, 3.63) is 47.5 Å². The predicted octanol–water partition coefficient (Wildman–Crippen LogP) is 2.12. The van der Waals surface area contributed by atoms with Gasteiger partial charge in [-0.2, -0.15) is 0 Å². The predicted molar refractivity (Wildman–Crippen MR) is 90.1 cm³/mol. The van der Waals surface area contributed by atoms with Gasteiger partial charge in [0.05, 0.1) is 5.56 Å². The molecule has 0 saturated heterocycles. The van der Waals surface area contributed by atoms with E-state index in [0.29, 0.717) is 47.3 Å². The molecule has 0 saturated carbocycles. The number of aliphatic hydroxyl groups is 1. The second-order valence-electron chi connectivity index (χ2n) is 5.96. The summed E-state index contributed by atoms with van der Waals surface area (Å²) in [5, 5.41) is 10.5. The standard InChI is InChI=1S/C19H18O7/c1-22-10-25-12-3-4-13-15(9-12)26-19(18(21)17(13)20)11-2-5-14-16(8-11)24-7-6-23-14/h2-5,8-9,18-19,21H,6-7,10H2,1H3/t18-,19+/m1/s1. The number of aliphatic hydroxyl groups excluding tert-OH is 1. The summed E-state index contributed by atoms with van der Waals surface area (Å²) in [5.41, 5.74) is 0.944. The first-order valence-electron chi connectivity index (χ1n) is 8.21. The number of ether oxygens (including phenoxy) is 5. The number of methoxy groups -OCH3 is 1. The van der Waals surface area contributed by atoms with Gasteiger partial charge in [0.2, 0.25) is 0 Å². The second-order valence-corrected chi connectivity index (χ2v) is 5.96. The van der Waals surface area contributed by atoms with Crippen LogP contribution in [0.2, 0.25) is 0 Å². The molecule has 2 aromatic rings. The smallest absolute Gasteiger partial charge is 0.199 e. The third-order valence-electron chi connectivity index (χ3n) is 4.27. The summed E-state index contributed by atoms with van der Waals surface area (Å²) in [5.74, 6) is 1.67. The van der Waals surface area contributed by atoms with Crippen LogP contribution in [-0.2, 0) is 4.74 Å². The summed E-state index contributed by atoms with van der Waals surface area (Å²) < 4.78 is 27.3. The SMILES string of the molecule is COCOc1ccc2c(c1)O[C@@H](c1ccc3c(c1)OCCO3)[C@H](O)C2=O. The van der Waals surface area contributed by atoms with Crippen molar-refractivity contribution in [2.75, 3.05) is 27.1 Å². The van der Waals surface area contributed by atoms with E-state index in [1.807, 2.05) is 0 Å². The summed E-state index contributed by atoms with van der Waals surface area (Å²) in [7, 11) is 1.52. The molecule has 2 atom stereocenters. The third kappa shape index (κ3) is 2.95. The van der Waals surface area contributed by atoms with Gasteiger partial charge in [-0.25, -0.2) is 0 Å². The third-order valence-corrected chi connectivity index (χ3v) is 4.27. The quantitative estimate of drug-likeness (QED) is 0.838. The highest BCUT2D eigenvalue weighted by molar-refractivity contribution is 6.03. The molecule has 0 fully saturated rings. The molecule has 4 rings (SSSR count). The molecule has 0 unspecified atom stereocenters. The van der Waals surface area contributed by atoms with Gasteiger partial charge in [0, 0.05) is 13.2 Å². The van der Waals surface area contributed by atoms with Crippen molar-refractivity contribution in [3.8, 4) is 23.0 Å². The summed E-state index contributed by atoms with van der Waals surface area (Å²) in [6.45, 7) is 1.03. The molecule has 0 aromatic heterocycles. The molecule has 0 aliphatic carbocycles. The summed E-state index contributed by atoms with van der Waals surface area (Å²) >= 11 is 0. The zero-order valence-corrected chi connectivity index (χ0v) is 14.1. The second kappa shape index (κ2) is 6.86. The van der Waals surface area contributed by atoms with Crippen LogP contribution in [0.15, 0.2) is 36.4 Å². The average molecular weight is 358 g/mol. The Balaban J connectivity index is 1.65. The first-order chi connectivity index (χ1) is 12.7. The Bertz CT molecular complexity index is 833. The molecule has 2 aromatic carbocycles. The molecular weight excluding hydrogens is 340 g/mol. The molecule has 0 bridgehead atoms. The lowest BCUT2D eigenvalue weighted by Gasteiger charge is -2.30. The van der Waals surface area contributed by atoms with Crippen molar-refractivity contribution in [1.82, 2.24) is 0 Å². The number of fused-ring (bicyclic) bond motifs is 2. The molecule has 7 heteroatoms. The fourth-order valence-corrected chi connectivity index (χ4v) is 3.01. The number of hydrogen-bond acceptors (Lipinski definition) is 7. The van der Waals surface area contributed by atoms with Crippen LogP contribution in [0.1, 0.15) is 22.0 Å². The molecule has 0 radical (unpaired) electrons. The van der Waals surface area contributed by atoms with Crippen LogP contribution in [0.25, 0.3) is 0 Å². The summed E-state index contributed by atoms with van der Waals surface area (Å²) in [4.78, 5) is 12.6. The maximum absolute atomic E-state index is 12.6. The van der Waals surface area contributed by atoms with E-state index in [4.69, 9.17) is 23.7 Å². The molecular formula is C19H18O7. The van der Waals surface area contributed by atoms with Crippen LogP contribution in [0, 0.1) is 0 Å². The monoisotopic (exact) mass is 358 g/mol. The fourth-order valence-electron chi connectivity index (χ4n) is 3.01. The minimum atomic E-state index is -1.31. The highest BCUT2D eigenvalue weighted by Crippen LogP contribution is 2.40. The van der Waals surface area contributed by atoms with E-state index < -0.39 is 18.0 Å². The Morgan fingerprint density at radius 1 is 1.08 bits per heavy atom.